The highest BCUT2D eigenvalue weighted by molar-refractivity contribution is 7.43. The molecular formula is C84H123O3P. The zero-order chi connectivity index (χ0) is 67.4. The molecule has 0 aromatic heterocycles. The van der Waals surface area contributed by atoms with Gasteiger partial charge < -0.3 is 13.6 Å². The van der Waals surface area contributed by atoms with Gasteiger partial charge in [0.15, 0.2) is 0 Å². The Kier molecular flexibility index (Phi) is 19.4. The minimum absolute atomic E-state index is 0.0319. The van der Waals surface area contributed by atoms with E-state index in [2.05, 4.69) is 340 Å². The van der Waals surface area contributed by atoms with Crippen LogP contribution in [0.5, 0.6) is 17.2 Å². The second-order valence-electron chi connectivity index (χ2n) is 38.4. The van der Waals surface area contributed by atoms with Crippen molar-refractivity contribution in [1.29, 1.82) is 0 Å². The van der Waals surface area contributed by atoms with Crippen molar-refractivity contribution in [2.45, 2.75) is 314 Å². The lowest BCUT2D eigenvalue weighted by Gasteiger charge is -2.37. The normalized spacial score (nSPS) is 14.0. The molecular weight excluding hydrogens is 1090 g/mol. The summed E-state index contributed by atoms with van der Waals surface area (Å²) in [5, 5.41) is 0. The maximum atomic E-state index is 7.92. The molecule has 88 heavy (non-hydrogen) atoms. The Balaban J connectivity index is 1.86. The fourth-order valence-electron chi connectivity index (χ4n) is 12.8. The third kappa shape index (κ3) is 15.9. The highest BCUT2D eigenvalue weighted by Gasteiger charge is 2.41. The van der Waals surface area contributed by atoms with Crippen LogP contribution in [0.15, 0.2) is 91.0 Å². The number of benzene rings is 6. The Bertz CT molecular complexity index is 3140. The van der Waals surface area contributed by atoms with Crippen molar-refractivity contribution in [2.75, 3.05) is 0 Å². The third-order valence-electron chi connectivity index (χ3n) is 17.6. The summed E-state index contributed by atoms with van der Waals surface area (Å²) < 4.78 is 23.8. The molecule has 0 radical (unpaired) electrons. The van der Waals surface area contributed by atoms with Crippen molar-refractivity contribution in [1.82, 2.24) is 0 Å². The van der Waals surface area contributed by atoms with Gasteiger partial charge in [0.05, 0.1) is 0 Å². The van der Waals surface area contributed by atoms with Crippen LogP contribution in [-0.4, -0.2) is 0 Å². The molecule has 0 amide bonds. The van der Waals surface area contributed by atoms with Gasteiger partial charge in [0.1, 0.15) is 17.2 Å². The molecule has 6 aromatic carbocycles. The van der Waals surface area contributed by atoms with Crippen molar-refractivity contribution in [3.63, 3.8) is 0 Å². The lowest BCUT2D eigenvalue weighted by atomic mass is 9.70. The topological polar surface area (TPSA) is 27.7 Å². The maximum Gasteiger partial charge on any atom is 0.530 e. The summed E-state index contributed by atoms with van der Waals surface area (Å²) in [5.74, 6) is 2.28. The highest BCUT2D eigenvalue weighted by atomic mass is 31.2. The van der Waals surface area contributed by atoms with Gasteiger partial charge in [-0.3, -0.25) is 0 Å². The van der Waals surface area contributed by atoms with Gasteiger partial charge in [-0.15, -0.1) is 0 Å². The molecule has 0 aliphatic carbocycles. The first-order chi connectivity index (χ1) is 39.3. The van der Waals surface area contributed by atoms with Crippen LogP contribution in [0, 0.1) is 0 Å². The summed E-state index contributed by atoms with van der Waals surface area (Å²) in [7, 11) is -2.29. The van der Waals surface area contributed by atoms with Crippen LogP contribution >= 0.6 is 8.60 Å². The largest absolute Gasteiger partial charge is 0.530 e. The second-order valence-corrected chi connectivity index (χ2v) is 39.4. The molecule has 0 bridgehead atoms. The molecule has 0 fully saturated rings. The molecule has 0 atom stereocenters. The standard InChI is InChI=1S/C84H123O3P/c1-73(2,3)52-37-40-55(61(49-52)79(19,20)21)67-58(76(10,11)12)43-46-64(70(67)82(28,29)30)85-88(86-65-47-44-59(77(13,14)15)68(71(65)83(31,32)33)56-41-38-53(74(4,5)6)50-62(56)80(22,23)24)87-66-48-45-60(78(16,17)18)69(72(66)84(34,35)36)57-42-39-54(75(7,8)9)51-63(57)81(25,26)27/h37-51H,1-36H3. The van der Waals surface area contributed by atoms with Gasteiger partial charge in [0.25, 0.3) is 0 Å². The average molecular weight is 1210 g/mol. The number of hydrogen-bond donors (Lipinski definition) is 0. The van der Waals surface area contributed by atoms with Crippen molar-refractivity contribution in [3.05, 3.63) is 158 Å². The highest BCUT2D eigenvalue weighted by Crippen LogP contribution is 2.58. The van der Waals surface area contributed by atoms with Gasteiger partial charge in [-0.05, 0) is 167 Å². The van der Waals surface area contributed by atoms with Gasteiger partial charge in [-0.1, -0.05) is 322 Å². The zero-order valence-corrected chi connectivity index (χ0v) is 63.7. The summed E-state index contributed by atoms with van der Waals surface area (Å²) in [6.45, 7) is 84.3. The lowest BCUT2D eigenvalue weighted by molar-refractivity contribution is 0.372. The van der Waals surface area contributed by atoms with Crippen LogP contribution in [0.25, 0.3) is 33.4 Å². The fourth-order valence-corrected chi connectivity index (χ4v) is 13.8. The van der Waals surface area contributed by atoms with E-state index in [1.54, 1.807) is 0 Å². The Hall–Kier alpha value is -4.85. The molecule has 0 unspecified atom stereocenters. The summed E-state index contributed by atoms with van der Waals surface area (Å²) in [6, 6.07) is 35.4. The molecule has 0 aliphatic rings. The predicted molar refractivity (Wildman–Crippen MR) is 389 cm³/mol. The smallest absolute Gasteiger partial charge is 0.408 e. The van der Waals surface area contributed by atoms with Crippen LogP contribution in [-0.2, 0) is 65.0 Å². The van der Waals surface area contributed by atoms with E-state index in [0.29, 0.717) is 0 Å². The van der Waals surface area contributed by atoms with E-state index in [1.807, 2.05) is 0 Å². The van der Waals surface area contributed by atoms with Crippen LogP contribution in [0.2, 0.25) is 0 Å². The van der Waals surface area contributed by atoms with Crippen molar-refractivity contribution < 1.29 is 13.6 Å². The fraction of sp³-hybridized carbons (Fsp3) is 0.571. The van der Waals surface area contributed by atoms with E-state index in [0.717, 1.165) is 33.9 Å². The van der Waals surface area contributed by atoms with Gasteiger partial charge in [-0.25, -0.2) is 0 Å². The van der Waals surface area contributed by atoms with Gasteiger partial charge >= 0.3 is 8.60 Å². The molecule has 4 heteroatoms. The summed E-state index contributed by atoms with van der Waals surface area (Å²) >= 11 is 0. The van der Waals surface area contributed by atoms with Gasteiger partial charge in [0.2, 0.25) is 0 Å². The summed E-state index contributed by atoms with van der Waals surface area (Å²) in [5.41, 5.74) is 20.1. The minimum Gasteiger partial charge on any atom is -0.408 e. The molecule has 6 rings (SSSR count). The Morgan fingerprint density at radius 2 is 0.398 bits per heavy atom. The molecule has 0 spiro atoms. The maximum absolute atomic E-state index is 7.92. The monoisotopic (exact) mass is 1210 g/mol. The number of hydrogen-bond acceptors (Lipinski definition) is 3. The van der Waals surface area contributed by atoms with Crippen molar-refractivity contribution in [2.24, 2.45) is 0 Å². The van der Waals surface area contributed by atoms with E-state index >= 15 is 0 Å². The van der Waals surface area contributed by atoms with Crippen LogP contribution < -0.4 is 13.6 Å². The lowest BCUT2D eigenvalue weighted by Crippen LogP contribution is -2.24. The van der Waals surface area contributed by atoms with Crippen LogP contribution in [0.1, 0.15) is 316 Å². The van der Waals surface area contributed by atoms with Gasteiger partial charge in [-0.2, -0.15) is 0 Å². The SMILES string of the molecule is CC(C)(C)c1ccc(-c2c(C(C)(C)C)ccc(OP(Oc3ccc(C(C)(C)C)c(-c4ccc(C(C)(C)C)cc4C(C)(C)C)c3C(C)(C)C)Oc3ccc(C(C)(C)C)c(-c4ccc(C(C)(C)C)cc4C(C)(C)C)c3C(C)(C)C)c2C(C)(C)C)c(C(C)(C)C)c1. The Morgan fingerprint density at radius 1 is 0.205 bits per heavy atom. The molecule has 0 saturated carbocycles. The summed E-state index contributed by atoms with van der Waals surface area (Å²) in [6.07, 6.45) is 0. The molecule has 0 N–H and O–H groups in total. The van der Waals surface area contributed by atoms with E-state index in [-0.39, 0.29) is 48.7 Å². The molecule has 482 valence electrons. The summed E-state index contributed by atoms with van der Waals surface area (Å²) in [4.78, 5) is 0. The number of rotatable bonds is 9. The zero-order valence-electron chi connectivity index (χ0n) is 62.8. The Morgan fingerprint density at radius 3 is 0.557 bits per heavy atom. The Labute approximate surface area is 541 Å². The van der Waals surface area contributed by atoms with Crippen LogP contribution in [0.3, 0.4) is 0 Å². The van der Waals surface area contributed by atoms with Crippen molar-refractivity contribution >= 4 is 8.60 Å². The molecule has 6 aromatic rings. The third-order valence-corrected chi connectivity index (χ3v) is 18.6. The van der Waals surface area contributed by atoms with E-state index in [9.17, 15) is 0 Å². The quantitative estimate of drug-likeness (QED) is 0.135. The first-order valence-corrected chi connectivity index (χ1v) is 34.2. The average Bonchev–Trinajstić information content (AvgIpc) is 0.788. The van der Waals surface area contributed by atoms with Crippen LogP contribution in [0.4, 0.5) is 0 Å². The molecule has 3 nitrogen and oxygen atoms in total. The first-order valence-electron chi connectivity index (χ1n) is 33.1. The molecule has 0 saturated heterocycles. The predicted octanol–water partition coefficient (Wildman–Crippen LogP) is 26.0. The van der Waals surface area contributed by atoms with Crippen molar-refractivity contribution in [3.8, 4) is 50.6 Å². The van der Waals surface area contributed by atoms with E-state index < -0.39 is 24.8 Å². The molecule has 0 heterocycles. The van der Waals surface area contributed by atoms with Gasteiger partial charge in [0, 0.05) is 16.7 Å². The van der Waals surface area contributed by atoms with E-state index in [4.69, 9.17) is 13.6 Å². The van der Waals surface area contributed by atoms with E-state index in [1.165, 1.54) is 83.5 Å². The minimum atomic E-state index is -2.29. The first kappa shape index (κ1) is 72.2. The second kappa shape index (κ2) is 23.7. The molecule has 0 aliphatic heterocycles.